The minimum atomic E-state index is -0.494. The first-order valence-electron chi connectivity index (χ1n) is 9.94. The van der Waals surface area contributed by atoms with Gasteiger partial charge in [-0.3, -0.25) is 0 Å². The van der Waals surface area contributed by atoms with Crippen molar-refractivity contribution in [1.29, 1.82) is 0 Å². The van der Waals surface area contributed by atoms with Gasteiger partial charge in [-0.25, -0.2) is 0 Å². The molecule has 1 aliphatic carbocycles. The molecule has 0 fully saturated rings. The van der Waals surface area contributed by atoms with E-state index in [1.807, 2.05) is 48.5 Å². The molecule has 4 rings (SSSR count). The van der Waals surface area contributed by atoms with Gasteiger partial charge in [0.2, 0.25) is 0 Å². The van der Waals surface area contributed by atoms with Crippen LogP contribution >= 0.6 is 0 Å². The molecule has 0 aliphatic heterocycles. The van der Waals surface area contributed by atoms with Crippen molar-refractivity contribution in [3.63, 3.8) is 0 Å². The van der Waals surface area contributed by atoms with E-state index >= 15 is 0 Å². The van der Waals surface area contributed by atoms with Crippen LogP contribution in [0.5, 0.6) is 11.5 Å². The number of allylic oxidation sites excluding steroid dienone is 2. The number of methoxy groups -OCH3 is 2. The van der Waals surface area contributed by atoms with Gasteiger partial charge in [0.25, 0.3) is 0 Å². The molecule has 0 aromatic heterocycles. The highest BCUT2D eigenvalue weighted by Gasteiger charge is 2.25. The number of rotatable bonds is 6. The average molecular weight is 399 g/mol. The molecule has 0 heterocycles. The van der Waals surface area contributed by atoms with Gasteiger partial charge in [0.05, 0.1) is 19.8 Å². The Balaban J connectivity index is 1.44. The van der Waals surface area contributed by atoms with Crippen LogP contribution in [0, 0.1) is 0 Å². The largest absolute Gasteiger partial charge is 0.497 e. The molecule has 0 spiro atoms. The van der Waals surface area contributed by atoms with Crippen LogP contribution in [0.15, 0.2) is 91.0 Å². The second-order valence-electron chi connectivity index (χ2n) is 7.40. The highest BCUT2D eigenvalue weighted by molar-refractivity contribution is 5.77. The van der Waals surface area contributed by atoms with Crippen LogP contribution in [0.1, 0.15) is 17.5 Å². The summed E-state index contributed by atoms with van der Waals surface area (Å²) >= 11 is 0. The molecule has 3 aromatic carbocycles. The predicted octanol–water partition coefficient (Wildman–Crippen LogP) is 5.64. The van der Waals surface area contributed by atoms with Crippen LogP contribution in [-0.4, -0.2) is 14.2 Å². The number of nitrogens with one attached hydrogen (secondary N) is 1. The Bertz CT molecular complexity index is 1050. The SMILES string of the molecule is COc1ccc(Nc2ccc(C3=CCC(N)(c4ccc(OC)cc4)C=C3)cc2)cc1. The molecular formula is C26H26N2O2. The van der Waals surface area contributed by atoms with Crippen LogP contribution in [0.25, 0.3) is 5.57 Å². The van der Waals surface area contributed by atoms with E-state index in [0.717, 1.165) is 34.9 Å². The Morgan fingerprint density at radius 1 is 0.767 bits per heavy atom. The Morgan fingerprint density at radius 3 is 1.80 bits per heavy atom. The van der Waals surface area contributed by atoms with E-state index in [9.17, 15) is 0 Å². The Labute approximate surface area is 177 Å². The summed E-state index contributed by atoms with van der Waals surface area (Å²) in [5.74, 6) is 1.68. The van der Waals surface area contributed by atoms with Crippen LogP contribution in [0.3, 0.4) is 0 Å². The van der Waals surface area contributed by atoms with E-state index in [2.05, 4.69) is 47.8 Å². The molecule has 1 unspecified atom stereocenters. The van der Waals surface area contributed by atoms with Gasteiger partial charge in [0.1, 0.15) is 11.5 Å². The van der Waals surface area contributed by atoms with Gasteiger partial charge in [-0.1, -0.05) is 42.5 Å². The minimum absolute atomic E-state index is 0.494. The maximum Gasteiger partial charge on any atom is 0.119 e. The predicted molar refractivity (Wildman–Crippen MR) is 123 cm³/mol. The van der Waals surface area contributed by atoms with Crippen LogP contribution < -0.4 is 20.5 Å². The zero-order valence-corrected chi connectivity index (χ0v) is 17.3. The molecule has 1 aliphatic rings. The van der Waals surface area contributed by atoms with Gasteiger partial charge in [0.15, 0.2) is 0 Å². The third kappa shape index (κ3) is 4.24. The molecule has 152 valence electrons. The second kappa shape index (κ2) is 8.47. The van der Waals surface area contributed by atoms with Crippen LogP contribution in [0.4, 0.5) is 11.4 Å². The van der Waals surface area contributed by atoms with E-state index < -0.39 is 5.54 Å². The molecule has 0 bridgehead atoms. The third-order valence-electron chi connectivity index (χ3n) is 5.44. The zero-order chi connectivity index (χ0) is 21.0. The van der Waals surface area contributed by atoms with Gasteiger partial charge < -0.3 is 20.5 Å². The van der Waals surface area contributed by atoms with Gasteiger partial charge in [-0.05, 0) is 71.7 Å². The normalized spacial score (nSPS) is 17.9. The van der Waals surface area contributed by atoms with Crippen molar-refractivity contribution in [2.45, 2.75) is 12.0 Å². The molecule has 0 saturated carbocycles. The second-order valence-corrected chi connectivity index (χ2v) is 7.40. The first-order chi connectivity index (χ1) is 14.6. The number of benzene rings is 3. The topological polar surface area (TPSA) is 56.5 Å². The summed E-state index contributed by atoms with van der Waals surface area (Å²) in [6, 6.07) is 24.3. The van der Waals surface area contributed by atoms with E-state index in [0.29, 0.717) is 0 Å². The summed E-state index contributed by atoms with van der Waals surface area (Å²) in [6.45, 7) is 0. The quantitative estimate of drug-likeness (QED) is 0.564. The summed E-state index contributed by atoms with van der Waals surface area (Å²) in [5, 5.41) is 3.41. The summed E-state index contributed by atoms with van der Waals surface area (Å²) in [5.41, 5.74) is 11.6. The Kier molecular flexibility index (Phi) is 5.59. The van der Waals surface area contributed by atoms with Gasteiger partial charge in [-0.15, -0.1) is 0 Å². The molecule has 4 nitrogen and oxygen atoms in total. The van der Waals surface area contributed by atoms with Gasteiger partial charge in [-0.2, -0.15) is 0 Å². The third-order valence-corrected chi connectivity index (χ3v) is 5.44. The molecular weight excluding hydrogens is 372 g/mol. The van der Waals surface area contributed by atoms with Crippen molar-refractivity contribution in [1.82, 2.24) is 0 Å². The molecule has 3 aromatic rings. The summed E-state index contributed by atoms with van der Waals surface area (Å²) in [4.78, 5) is 0. The van der Waals surface area contributed by atoms with Gasteiger partial charge >= 0.3 is 0 Å². The lowest BCUT2D eigenvalue weighted by Gasteiger charge is -2.29. The lowest BCUT2D eigenvalue weighted by molar-refractivity contribution is 0.414. The van der Waals surface area contributed by atoms with E-state index in [-0.39, 0.29) is 0 Å². The lowest BCUT2D eigenvalue weighted by atomic mass is 9.82. The molecule has 0 saturated heterocycles. The minimum Gasteiger partial charge on any atom is -0.497 e. The Hall–Kier alpha value is -3.50. The summed E-state index contributed by atoms with van der Waals surface area (Å²) in [7, 11) is 3.34. The molecule has 3 N–H and O–H groups in total. The van der Waals surface area contributed by atoms with Crippen molar-refractivity contribution in [2.24, 2.45) is 5.73 Å². The molecule has 1 atom stereocenters. The van der Waals surface area contributed by atoms with Gasteiger partial charge in [0, 0.05) is 11.4 Å². The number of anilines is 2. The fourth-order valence-corrected chi connectivity index (χ4v) is 3.57. The van der Waals surface area contributed by atoms with E-state index in [4.69, 9.17) is 15.2 Å². The highest BCUT2D eigenvalue weighted by atomic mass is 16.5. The van der Waals surface area contributed by atoms with Crippen molar-refractivity contribution in [3.8, 4) is 11.5 Å². The fraction of sp³-hybridized carbons (Fsp3) is 0.154. The average Bonchev–Trinajstić information content (AvgIpc) is 2.81. The van der Waals surface area contributed by atoms with Crippen LogP contribution in [0.2, 0.25) is 0 Å². The lowest BCUT2D eigenvalue weighted by Crippen LogP contribution is -2.35. The van der Waals surface area contributed by atoms with Crippen molar-refractivity contribution < 1.29 is 9.47 Å². The highest BCUT2D eigenvalue weighted by Crippen LogP contribution is 2.33. The molecule has 30 heavy (non-hydrogen) atoms. The van der Waals surface area contributed by atoms with Crippen molar-refractivity contribution in [2.75, 3.05) is 19.5 Å². The fourth-order valence-electron chi connectivity index (χ4n) is 3.57. The monoisotopic (exact) mass is 398 g/mol. The maximum atomic E-state index is 6.65. The maximum absolute atomic E-state index is 6.65. The first-order valence-corrected chi connectivity index (χ1v) is 9.94. The standard InChI is InChI=1S/C26H26N2O2/c1-29-24-11-5-21(6-12-24)26(27)17-15-20(16-18-26)19-3-7-22(8-4-19)28-23-9-13-25(30-2)14-10-23/h3-17,28H,18,27H2,1-2H3. The number of ether oxygens (including phenoxy) is 2. The first kappa shape index (κ1) is 19.8. The smallest absolute Gasteiger partial charge is 0.119 e. The molecule has 0 amide bonds. The van der Waals surface area contributed by atoms with Crippen molar-refractivity contribution in [3.05, 3.63) is 102 Å². The number of nitrogens with two attached hydrogens (primary N) is 1. The number of hydrogen-bond acceptors (Lipinski definition) is 4. The van der Waals surface area contributed by atoms with E-state index in [1.54, 1.807) is 14.2 Å². The Morgan fingerprint density at radius 2 is 1.30 bits per heavy atom. The summed E-state index contributed by atoms with van der Waals surface area (Å²) in [6.07, 6.45) is 7.15. The zero-order valence-electron chi connectivity index (χ0n) is 17.3. The number of hydrogen-bond donors (Lipinski definition) is 2. The molecule has 4 heteroatoms. The van der Waals surface area contributed by atoms with Crippen LogP contribution in [-0.2, 0) is 5.54 Å². The summed E-state index contributed by atoms with van der Waals surface area (Å²) < 4.78 is 10.4. The molecule has 0 radical (unpaired) electrons. The van der Waals surface area contributed by atoms with Crippen molar-refractivity contribution >= 4 is 16.9 Å². The van der Waals surface area contributed by atoms with E-state index in [1.165, 1.54) is 11.1 Å².